The van der Waals surface area contributed by atoms with Crippen LogP contribution in [0.15, 0.2) is 53.0 Å². The maximum absolute atomic E-state index is 5.76. The van der Waals surface area contributed by atoms with Gasteiger partial charge in [-0.15, -0.1) is 11.6 Å². The van der Waals surface area contributed by atoms with Crippen LogP contribution < -0.4 is 0 Å². The van der Waals surface area contributed by atoms with Crippen molar-refractivity contribution in [2.45, 2.75) is 31.0 Å². The average molecular weight is 419 g/mol. The maximum Gasteiger partial charge on any atom is 0.0477 e. The Morgan fingerprint density at radius 1 is 1.05 bits per heavy atom. The van der Waals surface area contributed by atoms with E-state index in [0.717, 1.165) is 10.9 Å². The van der Waals surface area contributed by atoms with E-state index in [4.69, 9.17) is 11.6 Å². The number of halogens is 3. The molecule has 0 spiro atoms. The molecule has 1 atom stereocenters. The molecule has 0 aliphatic heterocycles. The topological polar surface area (TPSA) is 0 Å². The van der Waals surface area contributed by atoms with E-state index in [1.807, 2.05) is 18.2 Å². The van der Waals surface area contributed by atoms with Crippen molar-refractivity contribution in [1.29, 1.82) is 0 Å². The molecule has 2 rings (SSSR count). The zero-order chi connectivity index (χ0) is 15.0. The van der Waals surface area contributed by atoms with E-state index < -0.39 is 0 Å². The van der Waals surface area contributed by atoms with Crippen LogP contribution in [0.5, 0.6) is 0 Å². The standard InChI is InChI=1S/C9H10BrCl.C8H9Br/c1-2-7-3-4-9(10)5-8(7)6-11;1-7(9)8-5-3-2-4-6-8/h3-5H,2,6H2,1H3;2-7H,1H3. The second-order valence-corrected chi connectivity index (χ2v) is 6.98. The molecule has 0 saturated heterocycles. The predicted octanol–water partition coefficient (Wildman–Crippen LogP) is 6.89. The molecule has 0 heterocycles. The number of hydrogen-bond donors (Lipinski definition) is 0. The van der Waals surface area contributed by atoms with Gasteiger partial charge in [-0.3, -0.25) is 0 Å². The van der Waals surface area contributed by atoms with Crippen molar-refractivity contribution in [3.63, 3.8) is 0 Å². The summed E-state index contributed by atoms with van der Waals surface area (Å²) in [5, 5.41) is 0. The molecule has 0 aromatic heterocycles. The summed E-state index contributed by atoms with van der Waals surface area (Å²) in [6.07, 6.45) is 1.05. The van der Waals surface area contributed by atoms with Crippen molar-refractivity contribution in [1.82, 2.24) is 0 Å². The molecular formula is C17H19Br2Cl. The highest BCUT2D eigenvalue weighted by atomic mass is 79.9. The third-order valence-corrected chi connectivity index (χ3v) is 4.26. The minimum atomic E-state index is 0.471. The van der Waals surface area contributed by atoms with Gasteiger partial charge in [0.15, 0.2) is 0 Å². The van der Waals surface area contributed by atoms with Gasteiger partial charge in [-0.05, 0) is 42.2 Å². The lowest BCUT2D eigenvalue weighted by molar-refractivity contribution is 1.10. The van der Waals surface area contributed by atoms with Crippen molar-refractivity contribution in [3.8, 4) is 0 Å². The fraction of sp³-hybridized carbons (Fsp3) is 0.294. The number of hydrogen-bond acceptors (Lipinski definition) is 0. The van der Waals surface area contributed by atoms with E-state index in [1.165, 1.54) is 16.7 Å². The summed E-state index contributed by atoms with van der Waals surface area (Å²) < 4.78 is 1.10. The van der Waals surface area contributed by atoms with Gasteiger partial charge in [-0.2, -0.15) is 0 Å². The average Bonchev–Trinajstić information content (AvgIpc) is 2.48. The molecule has 2 aromatic rings. The fourth-order valence-electron chi connectivity index (χ4n) is 1.78. The first-order valence-corrected chi connectivity index (χ1v) is 8.85. The maximum atomic E-state index is 5.76. The Morgan fingerprint density at radius 3 is 2.15 bits per heavy atom. The second-order valence-electron chi connectivity index (χ2n) is 4.43. The van der Waals surface area contributed by atoms with Crippen LogP contribution in [0.2, 0.25) is 0 Å². The fourth-order valence-corrected chi connectivity index (χ4v) is 2.74. The molecule has 0 radical (unpaired) electrons. The largest absolute Gasteiger partial charge is 0.122 e. The molecule has 1 unspecified atom stereocenters. The third-order valence-electron chi connectivity index (χ3n) is 2.95. The monoisotopic (exact) mass is 416 g/mol. The van der Waals surface area contributed by atoms with Gasteiger partial charge in [-0.1, -0.05) is 75.2 Å². The van der Waals surface area contributed by atoms with Gasteiger partial charge in [0, 0.05) is 15.2 Å². The van der Waals surface area contributed by atoms with Crippen molar-refractivity contribution in [3.05, 3.63) is 69.7 Å². The number of benzene rings is 2. The summed E-state index contributed by atoms with van der Waals surface area (Å²) in [6, 6.07) is 16.6. The lowest BCUT2D eigenvalue weighted by Gasteiger charge is -2.03. The minimum absolute atomic E-state index is 0.471. The van der Waals surface area contributed by atoms with E-state index in [-0.39, 0.29) is 0 Å². The molecule has 2 aromatic carbocycles. The van der Waals surface area contributed by atoms with Gasteiger partial charge in [0.1, 0.15) is 0 Å². The molecule has 0 bridgehead atoms. The molecule has 0 aliphatic rings. The molecule has 0 aliphatic carbocycles. The molecule has 20 heavy (non-hydrogen) atoms. The Bertz CT molecular complexity index is 510. The molecule has 0 saturated carbocycles. The van der Waals surface area contributed by atoms with Crippen LogP contribution in [0, 0.1) is 0 Å². The summed E-state index contributed by atoms with van der Waals surface area (Å²) in [4.78, 5) is 0.471. The van der Waals surface area contributed by atoms with Crippen LogP contribution in [0.25, 0.3) is 0 Å². The van der Waals surface area contributed by atoms with E-state index in [2.05, 4.69) is 76.0 Å². The smallest absolute Gasteiger partial charge is 0.0477 e. The number of aryl methyl sites for hydroxylation is 1. The molecule has 0 N–H and O–H groups in total. The zero-order valence-electron chi connectivity index (χ0n) is 11.7. The summed E-state index contributed by atoms with van der Waals surface area (Å²) in [5.74, 6) is 0.600. The van der Waals surface area contributed by atoms with E-state index in [1.54, 1.807) is 0 Å². The summed E-state index contributed by atoms with van der Waals surface area (Å²) in [5.41, 5.74) is 3.89. The second kappa shape index (κ2) is 9.59. The summed E-state index contributed by atoms with van der Waals surface area (Å²) in [6.45, 7) is 4.26. The first-order chi connectivity index (χ1) is 9.58. The molecule has 0 amide bonds. The van der Waals surface area contributed by atoms with E-state index in [0.29, 0.717) is 10.7 Å². The zero-order valence-corrected chi connectivity index (χ0v) is 15.7. The van der Waals surface area contributed by atoms with Gasteiger partial charge in [-0.25, -0.2) is 0 Å². The normalized spacial score (nSPS) is 11.4. The van der Waals surface area contributed by atoms with Gasteiger partial charge in [0.05, 0.1) is 0 Å². The van der Waals surface area contributed by atoms with Gasteiger partial charge < -0.3 is 0 Å². The first kappa shape index (κ1) is 17.7. The SMILES string of the molecule is CC(Br)c1ccccc1.CCc1ccc(Br)cc1CCl. The molecular weight excluding hydrogens is 399 g/mol. The van der Waals surface area contributed by atoms with Crippen LogP contribution in [0.3, 0.4) is 0 Å². The van der Waals surface area contributed by atoms with E-state index in [9.17, 15) is 0 Å². The highest BCUT2D eigenvalue weighted by Crippen LogP contribution is 2.20. The van der Waals surface area contributed by atoms with Crippen LogP contribution in [0.1, 0.15) is 35.4 Å². The number of rotatable bonds is 3. The van der Waals surface area contributed by atoms with Gasteiger partial charge >= 0.3 is 0 Å². The van der Waals surface area contributed by atoms with Crippen molar-refractivity contribution in [2.75, 3.05) is 0 Å². The Morgan fingerprint density at radius 2 is 1.70 bits per heavy atom. The highest BCUT2D eigenvalue weighted by molar-refractivity contribution is 9.10. The minimum Gasteiger partial charge on any atom is -0.122 e. The van der Waals surface area contributed by atoms with Crippen LogP contribution in [-0.2, 0) is 12.3 Å². The van der Waals surface area contributed by atoms with Crippen molar-refractivity contribution < 1.29 is 0 Å². The Labute approximate surface area is 143 Å². The van der Waals surface area contributed by atoms with Crippen LogP contribution >= 0.6 is 43.5 Å². The Balaban J connectivity index is 0.000000204. The van der Waals surface area contributed by atoms with Gasteiger partial charge in [0.2, 0.25) is 0 Å². The summed E-state index contributed by atoms with van der Waals surface area (Å²) in [7, 11) is 0. The Hall–Kier alpha value is -0.310. The lowest BCUT2D eigenvalue weighted by atomic mass is 10.1. The van der Waals surface area contributed by atoms with Crippen molar-refractivity contribution >= 4 is 43.5 Å². The molecule has 0 nitrogen and oxygen atoms in total. The first-order valence-electron chi connectivity index (χ1n) is 6.60. The lowest BCUT2D eigenvalue weighted by Crippen LogP contribution is -1.88. The van der Waals surface area contributed by atoms with Gasteiger partial charge in [0.25, 0.3) is 0 Å². The summed E-state index contributed by atoms with van der Waals surface area (Å²) >= 11 is 12.7. The Kier molecular flexibility index (Phi) is 8.51. The van der Waals surface area contributed by atoms with E-state index >= 15 is 0 Å². The molecule has 108 valence electrons. The molecule has 3 heteroatoms. The number of alkyl halides is 2. The molecule has 0 fully saturated rings. The van der Waals surface area contributed by atoms with Crippen LogP contribution in [0.4, 0.5) is 0 Å². The highest BCUT2D eigenvalue weighted by Gasteiger charge is 1.98. The quantitative estimate of drug-likeness (QED) is 0.476. The predicted molar refractivity (Wildman–Crippen MR) is 96.9 cm³/mol. The third kappa shape index (κ3) is 5.99. The van der Waals surface area contributed by atoms with Crippen LogP contribution in [-0.4, -0.2) is 0 Å². The van der Waals surface area contributed by atoms with Crippen molar-refractivity contribution in [2.24, 2.45) is 0 Å².